The second-order valence-electron chi connectivity index (χ2n) is 6.76. The number of carbonyl (C=O) groups excluding carboxylic acids is 2. The number of hydrogen-bond acceptors (Lipinski definition) is 5. The Kier molecular flexibility index (Phi) is 6.82. The zero-order valence-corrected chi connectivity index (χ0v) is 15.1. The van der Waals surface area contributed by atoms with Gasteiger partial charge in [-0.25, -0.2) is 4.98 Å². The molecule has 1 aromatic heterocycles. The summed E-state index contributed by atoms with van der Waals surface area (Å²) in [5, 5.41) is 2.87. The van der Waals surface area contributed by atoms with Gasteiger partial charge in [-0.1, -0.05) is 6.07 Å². The highest BCUT2D eigenvalue weighted by Gasteiger charge is 2.20. The number of carbonyl (C=O) groups is 2. The summed E-state index contributed by atoms with van der Waals surface area (Å²) < 4.78 is 11.2. The van der Waals surface area contributed by atoms with Gasteiger partial charge in [0, 0.05) is 44.2 Å². The molecule has 7 heteroatoms. The second-order valence-corrected chi connectivity index (χ2v) is 6.76. The lowest BCUT2D eigenvalue weighted by Gasteiger charge is -2.26. The molecular weight excluding hydrogens is 334 g/mol. The van der Waals surface area contributed by atoms with Crippen LogP contribution in [0, 0.1) is 0 Å². The molecule has 2 fully saturated rings. The van der Waals surface area contributed by atoms with Crippen molar-refractivity contribution in [1.82, 2.24) is 15.2 Å². The lowest BCUT2D eigenvalue weighted by Crippen LogP contribution is -2.41. The van der Waals surface area contributed by atoms with Gasteiger partial charge in [0.05, 0.1) is 13.2 Å². The molecule has 0 atom stereocenters. The van der Waals surface area contributed by atoms with Crippen LogP contribution in [0.2, 0.25) is 0 Å². The van der Waals surface area contributed by atoms with Gasteiger partial charge in [-0.2, -0.15) is 0 Å². The number of hydrogen-bond donors (Lipinski definition) is 1. The molecule has 1 aliphatic carbocycles. The van der Waals surface area contributed by atoms with Gasteiger partial charge < -0.3 is 19.7 Å². The highest BCUT2D eigenvalue weighted by molar-refractivity contribution is 5.83. The van der Waals surface area contributed by atoms with Gasteiger partial charge in [0.25, 0.3) is 0 Å². The summed E-state index contributed by atoms with van der Waals surface area (Å²) >= 11 is 0. The van der Waals surface area contributed by atoms with Crippen molar-refractivity contribution in [2.75, 3.05) is 26.3 Å². The fourth-order valence-corrected chi connectivity index (χ4v) is 3.30. The Labute approximate surface area is 154 Å². The number of nitrogens with zero attached hydrogens (tertiary/aromatic N) is 2. The Bertz CT molecular complexity index is 611. The first kappa shape index (κ1) is 18.6. The summed E-state index contributed by atoms with van der Waals surface area (Å²) in [5.41, 5.74) is 0.868. The maximum absolute atomic E-state index is 12.1. The zero-order chi connectivity index (χ0) is 18.2. The van der Waals surface area contributed by atoms with Gasteiger partial charge in [-0.3, -0.25) is 9.59 Å². The lowest BCUT2D eigenvalue weighted by molar-refractivity contribution is -0.137. The summed E-state index contributed by atoms with van der Waals surface area (Å²) in [6.45, 7) is 2.72. The number of aromatic nitrogens is 1. The van der Waals surface area contributed by atoms with E-state index < -0.39 is 0 Å². The van der Waals surface area contributed by atoms with Crippen LogP contribution in [-0.4, -0.2) is 54.1 Å². The van der Waals surface area contributed by atoms with Crippen LogP contribution in [-0.2, 0) is 20.9 Å². The van der Waals surface area contributed by atoms with Crippen LogP contribution < -0.4 is 10.1 Å². The molecule has 0 spiro atoms. The SMILES string of the molecule is O=C(CCC(=O)N1CCOCC1)NCc1cccnc1OC1CCCC1. The minimum absolute atomic E-state index is 0.00934. The molecule has 2 aliphatic rings. The van der Waals surface area contributed by atoms with Crippen LogP contribution in [0.3, 0.4) is 0 Å². The molecule has 0 unspecified atom stereocenters. The number of amides is 2. The van der Waals surface area contributed by atoms with Gasteiger partial charge in [-0.15, -0.1) is 0 Å². The molecule has 0 bridgehead atoms. The molecule has 1 N–H and O–H groups in total. The van der Waals surface area contributed by atoms with Crippen LogP contribution in [0.5, 0.6) is 5.88 Å². The van der Waals surface area contributed by atoms with Crippen molar-refractivity contribution in [3.63, 3.8) is 0 Å². The van der Waals surface area contributed by atoms with E-state index >= 15 is 0 Å². The van der Waals surface area contributed by atoms with Crippen molar-refractivity contribution in [1.29, 1.82) is 0 Å². The van der Waals surface area contributed by atoms with Gasteiger partial charge in [-0.05, 0) is 31.7 Å². The molecule has 0 radical (unpaired) electrons. The molecule has 1 aromatic rings. The minimum Gasteiger partial charge on any atom is -0.474 e. The summed E-state index contributed by atoms with van der Waals surface area (Å²) in [7, 11) is 0. The van der Waals surface area contributed by atoms with Gasteiger partial charge in [0.15, 0.2) is 0 Å². The number of morpholine rings is 1. The van der Waals surface area contributed by atoms with E-state index in [-0.39, 0.29) is 30.8 Å². The van der Waals surface area contributed by atoms with Gasteiger partial charge in [0.2, 0.25) is 17.7 Å². The van der Waals surface area contributed by atoms with Crippen molar-refractivity contribution in [2.24, 2.45) is 0 Å². The normalized spacial score (nSPS) is 17.9. The summed E-state index contributed by atoms with van der Waals surface area (Å²) in [5.74, 6) is 0.474. The van der Waals surface area contributed by atoms with Crippen LogP contribution in [0.1, 0.15) is 44.1 Å². The Morgan fingerprint density at radius 2 is 2.00 bits per heavy atom. The number of rotatable bonds is 7. The minimum atomic E-state index is -0.137. The van der Waals surface area contributed by atoms with E-state index in [2.05, 4.69) is 10.3 Å². The van der Waals surface area contributed by atoms with Gasteiger partial charge >= 0.3 is 0 Å². The number of nitrogens with one attached hydrogen (secondary N) is 1. The Hall–Kier alpha value is -2.15. The quantitative estimate of drug-likeness (QED) is 0.799. The first-order valence-electron chi connectivity index (χ1n) is 9.45. The average molecular weight is 361 g/mol. The molecule has 1 saturated heterocycles. The fourth-order valence-electron chi connectivity index (χ4n) is 3.30. The monoisotopic (exact) mass is 361 g/mol. The number of ether oxygens (including phenoxy) is 2. The predicted molar refractivity (Wildman–Crippen MR) is 95.6 cm³/mol. The first-order chi connectivity index (χ1) is 12.7. The average Bonchev–Trinajstić information content (AvgIpc) is 3.19. The van der Waals surface area contributed by atoms with Crippen LogP contribution >= 0.6 is 0 Å². The molecule has 1 saturated carbocycles. The molecule has 2 heterocycles. The van der Waals surface area contributed by atoms with Crippen molar-refractivity contribution < 1.29 is 19.1 Å². The van der Waals surface area contributed by atoms with E-state index in [1.54, 1.807) is 11.1 Å². The highest BCUT2D eigenvalue weighted by atomic mass is 16.5. The second kappa shape index (κ2) is 9.52. The van der Waals surface area contributed by atoms with Crippen molar-refractivity contribution in [3.8, 4) is 5.88 Å². The molecule has 7 nitrogen and oxygen atoms in total. The van der Waals surface area contributed by atoms with Crippen molar-refractivity contribution in [3.05, 3.63) is 23.9 Å². The zero-order valence-electron chi connectivity index (χ0n) is 15.1. The molecule has 3 rings (SSSR count). The van der Waals surface area contributed by atoms with Crippen LogP contribution in [0.4, 0.5) is 0 Å². The Balaban J connectivity index is 1.43. The number of pyridine rings is 1. The molecular formula is C19H27N3O4. The van der Waals surface area contributed by atoms with E-state index in [4.69, 9.17) is 9.47 Å². The topological polar surface area (TPSA) is 80.8 Å². The molecule has 0 aromatic carbocycles. The fraction of sp³-hybridized carbons (Fsp3) is 0.632. The first-order valence-corrected chi connectivity index (χ1v) is 9.45. The van der Waals surface area contributed by atoms with Crippen LogP contribution in [0.25, 0.3) is 0 Å². The van der Waals surface area contributed by atoms with E-state index in [0.29, 0.717) is 38.7 Å². The molecule has 26 heavy (non-hydrogen) atoms. The van der Waals surface area contributed by atoms with E-state index in [0.717, 1.165) is 18.4 Å². The standard InChI is InChI=1S/C19H27N3O4/c23-17(7-8-18(24)22-10-12-25-13-11-22)21-14-15-4-3-9-20-19(15)26-16-5-1-2-6-16/h3-4,9,16H,1-2,5-8,10-14H2,(H,21,23). The van der Waals surface area contributed by atoms with Gasteiger partial charge in [0.1, 0.15) is 6.10 Å². The molecule has 142 valence electrons. The molecule has 1 aliphatic heterocycles. The third-order valence-electron chi connectivity index (χ3n) is 4.84. The maximum Gasteiger partial charge on any atom is 0.223 e. The van der Waals surface area contributed by atoms with E-state index in [1.165, 1.54) is 12.8 Å². The summed E-state index contributed by atoms with van der Waals surface area (Å²) in [6, 6.07) is 3.75. The summed E-state index contributed by atoms with van der Waals surface area (Å²) in [4.78, 5) is 30.2. The maximum atomic E-state index is 12.1. The van der Waals surface area contributed by atoms with E-state index in [1.807, 2.05) is 12.1 Å². The van der Waals surface area contributed by atoms with Crippen molar-refractivity contribution >= 4 is 11.8 Å². The Morgan fingerprint density at radius 3 is 2.77 bits per heavy atom. The summed E-state index contributed by atoms with van der Waals surface area (Å²) in [6.07, 6.45) is 6.86. The third kappa shape index (κ3) is 5.42. The predicted octanol–water partition coefficient (Wildman–Crippen LogP) is 1.66. The lowest BCUT2D eigenvalue weighted by atomic mass is 10.2. The highest BCUT2D eigenvalue weighted by Crippen LogP contribution is 2.24. The largest absolute Gasteiger partial charge is 0.474 e. The third-order valence-corrected chi connectivity index (χ3v) is 4.84. The molecule has 2 amide bonds. The van der Waals surface area contributed by atoms with Crippen molar-refractivity contribution in [2.45, 2.75) is 51.2 Å². The van der Waals surface area contributed by atoms with E-state index in [9.17, 15) is 9.59 Å². The smallest absolute Gasteiger partial charge is 0.223 e. The van der Waals surface area contributed by atoms with Crippen LogP contribution in [0.15, 0.2) is 18.3 Å². The Morgan fingerprint density at radius 1 is 1.23 bits per heavy atom.